The number of carbonyl (C=O) groups is 1. The first-order chi connectivity index (χ1) is 9.25. The van der Waals surface area contributed by atoms with Crippen molar-refractivity contribution in [3.05, 3.63) is 23.7 Å². The maximum atomic E-state index is 12.3. The number of carbonyl (C=O) groups excluding carboxylic acids is 1. The Hall–Kier alpha value is -1.62. The molecule has 0 aliphatic carbocycles. The van der Waals surface area contributed by atoms with Gasteiger partial charge in [0.15, 0.2) is 0 Å². The summed E-state index contributed by atoms with van der Waals surface area (Å²) in [7, 11) is 0. The summed E-state index contributed by atoms with van der Waals surface area (Å²) >= 11 is 1.69. The van der Waals surface area contributed by atoms with E-state index >= 15 is 0 Å². The molecule has 0 bridgehead atoms. The molecule has 5 heteroatoms. The van der Waals surface area contributed by atoms with Gasteiger partial charge >= 0.3 is 0 Å². The molecule has 19 heavy (non-hydrogen) atoms. The van der Waals surface area contributed by atoms with Gasteiger partial charge < -0.3 is 10.2 Å². The number of hydrogen-bond acceptors (Lipinski definition) is 4. The monoisotopic (exact) mass is 275 g/mol. The number of rotatable bonds is 3. The molecule has 0 aromatic carbocycles. The molecule has 0 radical (unpaired) electrons. The molecule has 3 heterocycles. The quantitative estimate of drug-likeness (QED) is 0.936. The molecule has 1 atom stereocenters. The van der Waals surface area contributed by atoms with Gasteiger partial charge in [-0.3, -0.25) is 4.79 Å². The molecular formula is C14H17N3OS. The second kappa shape index (κ2) is 5.17. The Morgan fingerprint density at radius 2 is 2.21 bits per heavy atom. The summed E-state index contributed by atoms with van der Waals surface area (Å²) < 4.78 is 1.19. The van der Waals surface area contributed by atoms with E-state index in [1.165, 1.54) is 4.70 Å². The smallest absolute Gasteiger partial charge is 0.244 e. The first kappa shape index (κ1) is 12.4. The van der Waals surface area contributed by atoms with Crippen molar-refractivity contribution >= 4 is 33.1 Å². The lowest BCUT2D eigenvalue weighted by atomic mass is 10.2. The third-order valence-corrected chi connectivity index (χ3v) is 4.40. The van der Waals surface area contributed by atoms with Crippen molar-refractivity contribution in [2.24, 2.45) is 0 Å². The number of thiophene rings is 1. The van der Waals surface area contributed by atoms with E-state index in [0.717, 1.165) is 37.1 Å². The van der Waals surface area contributed by atoms with E-state index in [1.807, 2.05) is 29.3 Å². The molecule has 0 spiro atoms. The Morgan fingerprint density at radius 1 is 1.42 bits per heavy atom. The van der Waals surface area contributed by atoms with Crippen LogP contribution < -0.4 is 5.32 Å². The summed E-state index contributed by atoms with van der Waals surface area (Å²) in [6.45, 7) is 3.69. The molecule has 1 aliphatic rings. The van der Waals surface area contributed by atoms with Crippen molar-refractivity contribution in [3.63, 3.8) is 0 Å². The normalized spacial score (nSPS) is 16.8. The number of fused-ring (bicyclic) bond motifs is 1. The number of aromatic nitrogens is 1. The molecule has 1 N–H and O–H groups in total. The minimum atomic E-state index is -0.226. The lowest BCUT2D eigenvalue weighted by Gasteiger charge is -2.21. The fourth-order valence-corrected chi connectivity index (χ4v) is 3.27. The zero-order valence-corrected chi connectivity index (χ0v) is 11.7. The van der Waals surface area contributed by atoms with E-state index in [2.05, 4.69) is 10.3 Å². The number of hydrogen-bond donors (Lipinski definition) is 1. The Kier molecular flexibility index (Phi) is 3.38. The highest BCUT2D eigenvalue weighted by molar-refractivity contribution is 7.17. The maximum absolute atomic E-state index is 12.3. The van der Waals surface area contributed by atoms with Gasteiger partial charge in [0.2, 0.25) is 5.91 Å². The van der Waals surface area contributed by atoms with Crippen LogP contribution in [-0.4, -0.2) is 34.9 Å². The predicted octanol–water partition coefficient (Wildman–Crippen LogP) is 2.72. The van der Waals surface area contributed by atoms with E-state index in [0.29, 0.717) is 0 Å². The molecule has 2 aromatic rings. The standard InChI is InChI=1S/C14H17N3OS/c1-10(14(18)17-7-2-3-8-17)16-13-11-5-9-19-12(11)4-6-15-13/h4-6,9-10H,2-3,7-8H2,1H3,(H,15,16). The van der Waals surface area contributed by atoms with Gasteiger partial charge in [0.25, 0.3) is 0 Å². The number of amides is 1. The Bertz CT molecular complexity index is 589. The van der Waals surface area contributed by atoms with Crippen molar-refractivity contribution in [1.29, 1.82) is 0 Å². The van der Waals surface area contributed by atoms with E-state index in [4.69, 9.17) is 0 Å². The van der Waals surface area contributed by atoms with Gasteiger partial charge in [-0.1, -0.05) is 0 Å². The molecule has 1 fully saturated rings. The van der Waals surface area contributed by atoms with Crippen molar-refractivity contribution in [2.45, 2.75) is 25.8 Å². The highest BCUT2D eigenvalue weighted by Crippen LogP contribution is 2.26. The van der Waals surface area contributed by atoms with E-state index < -0.39 is 0 Å². The van der Waals surface area contributed by atoms with Crippen LogP contribution in [0.5, 0.6) is 0 Å². The summed E-state index contributed by atoms with van der Waals surface area (Å²) in [6, 6.07) is 3.82. The van der Waals surface area contributed by atoms with Gasteiger partial charge in [0.1, 0.15) is 11.9 Å². The number of anilines is 1. The van der Waals surface area contributed by atoms with Crippen LogP contribution in [0.4, 0.5) is 5.82 Å². The van der Waals surface area contributed by atoms with Crippen molar-refractivity contribution in [3.8, 4) is 0 Å². The summed E-state index contributed by atoms with van der Waals surface area (Å²) in [6.07, 6.45) is 4.03. The molecule has 4 nitrogen and oxygen atoms in total. The zero-order valence-electron chi connectivity index (χ0n) is 10.9. The number of nitrogens with one attached hydrogen (secondary N) is 1. The van der Waals surface area contributed by atoms with Crippen LogP contribution in [-0.2, 0) is 4.79 Å². The molecule has 1 saturated heterocycles. The fourth-order valence-electron chi connectivity index (χ4n) is 2.49. The number of likely N-dealkylation sites (tertiary alicyclic amines) is 1. The van der Waals surface area contributed by atoms with E-state index in [-0.39, 0.29) is 11.9 Å². The fraction of sp³-hybridized carbons (Fsp3) is 0.429. The lowest BCUT2D eigenvalue weighted by molar-refractivity contribution is -0.130. The minimum Gasteiger partial charge on any atom is -0.358 e. The minimum absolute atomic E-state index is 0.173. The van der Waals surface area contributed by atoms with Gasteiger partial charge in [-0.25, -0.2) is 4.98 Å². The molecule has 1 unspecified atom stereocenters. The third kappa shape index (κ3) is 2.42. The Labute approximate surface area is 116 Å². The molecule has 1 aliphatic heterocycles. The first-order valence-corrected chi connectivity index (χ1v) is 7.51. The summed E-state index contributed by atoms with van der Waals surface area (Å²) in [5.41, 5.74) is 0. The molecule has 1 amide bonds. The largest absolute Gasteiger partial charge is 0.358 e. The summed E-state index contributed by atoms with van der Waals surface area (Å²) in [5.74, 6) is 0.977. The van der Waals surface area contributed by atoms with Crippen LogP contribution in [0.25, 0.3) is 10.1 Å². The van der Waals surface area contributed by atoms with E-state index in [1.54, 1.807) is 17.5 Å². The third-order valence-electron chi connectivity index (χ3n) is 3.52. The maximum Gasteiger partial charge on any atom is 0.244 e. The average molecular weight is 275 g/mol. The molecule has 3 rings (SSSR count). The van der Waals surface area contributed by atoms with Crippen LogP contribution in [0.3, 0.4) is 0 Å². The van der Waals surface area contributed by atoms with Crippen LogP contribution in [0.15, 0.2) is 23.7 Å². The first-order valence-electron chi connectivity index (χ1n) is 6.63. The van der Waals surface area contributed by atoms with Crippen LogP contribution in [0, 0.1) is 0 Å². The SMILES string of the molecule is CC(Nc1nccc2sccc12)C(=O)N1CCCC1. The van der Waals surface area contributed by atoms with Gasteiger partial charge in [-0.15, -0.1) is 11.3 Å². The molecule has 2 aromatic heterocycles. The molecular weight excluding hydrogens is 258 g/mol. The average Bonchev–Trinajstić information content (AvgIpc) is 3.09. The predicted molar refractivity (Wildman–Crippen MR) is 78.5 cm³/mol. The second-order valence-electron chi connectivity index (χ2n) is 4.89. The van der Waals surface area contributed by atoms with E-state index in [9.17, 15) is 4.79 Å². The summed E-state index contributed by atoms with van der Waals surface area (Å²) in [5, 5.41) is 6.39. The highest BCUT2D eigenvalue weighted by atomic mass is 32.1. The van der Waals surface area contributed by atoms with Gasteiger partial charge in [-0.05, 0) is 37.3 Å². The topological polar surface area (TPSA) is 45.2 Å². The van der Waals surface area contributed by atoms with Crippen LogP contribution >= 0.6 is 11.3 Å². The van der Waals surface area contributed by atoms with Crippen LogP contribution in [0.1, 0.15) is 19.8 Å². The second-order valence-corrected chi connectivity index (χ2v) is 5.84. The number of pyridine rings is 1. The van der Waals surface area contributed by atoms with Gasteiger partial charge in [0.05, 0.1) is 0 Å². The summed E-state index contributed by atoms with van der Waals surface area (Å²) in [4.78, 5) is 18.6. The lowest BCUT2D eigenvalue weighted by Crippen LogP contribution is -2.39. The molecule has 0 saturated carbocycles. The highest BCUT2D eigenvalue weighted by Gasteiger charge is 2.23. The van der Waals surface area contributed by atoms with Crippen molar-refractivity contribution in [2.75, 3.05) is 18.4 Å². The van der Waals surface area contributed by atoms with Gasteiger partial charge in [0, 0.05) is 29.4 Å². The number of nitrogens with zero attached hydrogens (tertiary/aromatic N) is 2. The van der Waals surface area contributed by atoms with Gasteiger partial charge in [-0.2, -0.15) is 0 Å². The van der Waals surface area contributed by atoms with Crippen molar-refractivity contribution < 1.29 is 4.79 Å². The van der Waals surface area contributed by atoms with Crippen LogP contribution in [0.2, 0.25) is 0 Å². The van der Waals surface area contributed by atoms with Crippen molar-refractivity contribution in [1.82, 2.24) is 9.88 Å². The Balaban J connectivity index is 1.76. The Morgan fingerprint density at radius 3 is 3.00 bits per heavy atom. The zero-order chi connectivity index (χ0) is 13.2. The molecule has 100 valence electrons.